The maximum absolute atomic E-state index is 13.3. The molecule has 0 saturated heterocycles. The summed E-state index contributed by atoms with van der Waals surface area (Å²) in [6.07, 6.45) is 10.6. The van der Waals surface area contributed by atoms with E-state index in [9.17, 15) is 9.18 Å². The van der Waals surface area contributed by atoms with Crippen LogP contribution < -0.4 is 21.5 Å². The van der Waals surface area contributed by atoms with E-state index in [1.807, 2.05) is 24.3 Å². The zero-order valence-corrected chi connectivity index (χ0v) is 19.3. The summed E-state index contributed by atoms with van der Waals surface area (Å²) in [6.45, 7) is 1.29. The van der Waals surface area contributed by atoms with Crippen LogP contribution in [0.25, 0.3) is 11.3 Å². The number of benzene rings is 2. The van der Waals surface area contributed by atoms with Crippen LogP contribution >= 0.6 is 0 Å². The summed E-state index contributed by atoms with van der Waals surface area (Å²) in [5.41, 5.74) is 4.20. The fourth-order valence-corrected chi connectivity index (χ4v) is 5.12. The van der Waals surface area contributed by atoms with Gasteiger partial charge in [-0.1, -0.05) is 43.5 Å². The van der Waals surface area contributed by atoms with Crippen molar-refractivity contribution in [2.24, 2.45) is 0 Å². The van der Waals surface area contributed by atoms with E-state index in [0.717, 1.165) is 36.2 Å². The standard InChI is InChI=1S/C26H28FN2O.BrH/c27-23-14-12-21(13-15-23)24-17-28(26-7-4-16-29(24)26)18-25(30)22-10-8-20(9-11-22)19-5-2-1-3-6-19;/h8-15,17,19H,1-7,16,18H2;1H/q+1;/p-1. The number of imidazole rings is 1. The number of carbonyl (C=O) groups is 1. The van der Waals surface area contributed by atoms with E-state index in [0.29, 0.717) is 12.5 Å². The molecule has 2 heterocycles. The average molecular weight is 483 g/mol. The Labute approximate surface area is 193 Å². The third-order valence-electron chi connectivity index (χ3n) is 6.76. The Morgan fingerprint density at radius 1 is 0.968 bits per heavy atom. The predicted octanol–water partition coefficient (Wildman–Crippen LogP) is 2.46. The van der Waals surface area contributed by atoms with E-state index < -0.39 is 0 Å². The molecule has 1 aromatic heterocycles. The monoisotopic (exact) mass is 482 g/mol. The van der Waals surface area contributed by atoms with Crippen molar-refractivity contribution in [1.82, 2.24) is 4.57 Å². The largest absolute Gasteiger partial charge is 1.00 e. The number of fused-ring (bicyclic) bond motifs is 1. The molecule has 0 spiro atoms. The number of halogens is 2. The molecule has 1 saturated carbocycles. The van der Waals surface area contributed by atoms with Crippen molar-refractivity contribution in [1.29, 1.82) is 0 Å². The number of ketones is 1. The Hall–Kier alpha value is -2.27. The number of hydrogen-bond acceptors (Lipinski definition) is 1. The number of Topliss-reactive ketones (excluding diaryl/α,β-unsaturated/α-hetero) is 1. The molecule has 0 N–H and O–H groups in total. The van der Waals surface area contributed by atoms with Gasteiger partial charge in [0.05, 0.1) is 13.0 Å². The van der Waals surface area contributed by atoms with Gasteiger partial charge in [-0.25, -0.2) is 13.5 Å². The topological polar surface area (TPSA) is 25.9 Å². The van der Waals surface area contributed by atoms with Crippen molar-refractivity contribution >= 4 is 5.78 Å². The SMILES string of the molecule is O=C(C[n+]1cc(-c2ccc(F)cc2)n2c1CCC2)c1ccc(C2CCCCC2)cc1.[Br-]. The Bertz CT molecular complexity index is 1050. The summed E-state index contributed by atoms with van der Waals surface area (Å²) >= 11 is 0. The Morgan fingerprint density at radius 3 is 2.39 bits per heavy atom. The van der Waals surface area contributed by atoms with Crippen LogP contribution in [0.4, 0.5) is 4.39 Å². The molecule has 2 aromatic carbocycles. The minimum absolute atomic E-state index is 0. The van der Waals surface area contributed by atoms with Crippen LogP contribution in [0.2, 0.25) is 0 Å². The molecule has 3 aromatic rings. The normalized spacial score (nSPS) is 16.0. The molecule has 0 bridgehead atoms. The molecule has 0 atom stereocenters. The van der Waals surface area contributed by atoms with Gasteiger partial charge >= 0.3 is 0 Å². The molecule has 0 radical (unpaired) electrons. The molecule has 1 aliphatic heterocycles. The highest BCUT2D eigenvalue weighted by atomic mass is 79.9. The van der Waals surface area contributed by atoms with Crippen LogP contribution in [-0.4, -0.2) is 10.4 Å². The molecule has 0 unspecified atom stereocenters. The molecule has 1 aliphatic carbocycles. The van der Waals surface area contributed by atoms with Crippen molar-refractivity contribution in [2.45, 2.75) is 64.0 Å². The molecule has 5 rings (SSSR count). The molecular weight excluding hydrogens is 455 g/mol. The van der Waals surface area contributed by atoms with Crippen molar-refractivity contribution < 1.29 is 30.7 Å². The minimum atomic E-state index is -0.230. The maximum Gasteiger partial charge on any atom is 0.257 e. The number of nitrogens with zero attached hydrogens (tertiary/aromatic N) is 2. The third kappa shape index (κ3) is 4.52. The van der Waals surface area contributed by atoms with Crippen molar-refractivity contribution in [3.8, 4) is 11.3 Å². The predicted molar refractivity (Wildman–Crippen MR) is 115 cm³/mol. The van der Waals surface area contributed by atoms with Crippen LogP contribution in [0.3, 0.4) is 0 Å². The Morgan fingerprint density at radius 2 is 1.68 bits per heavy atom. The van der Waals surface area contributed by atoms with Crippen LogP contribution in [0.15, 0.2) is 54.7 Å². The molecule has 1 fully saturated rings. The van der Waals surface area contributed by atoms with Gasteiger partial charge in [0, 0.05) is 11.1 Å². The van der Waals surface area contributed by atoms with Crippen LogP contribution in [0.5, 0.6) is 0 Å². The second kappa shape index (κ2) is 9.47. The van der Waals surface area contributed by atoms with Gasteiger partial charge < -0.3 is 17.0 Å². The van der Waals surface area contributed by atoms with Crippen LogP contribution in [0, 0.1) is 5.82 Å². The summed E-state index contributed by atoms with van der Waals surface area (Å²) in [5.74, 6) is 1.75. The first-order chi connectivity index (χ1) is 14.7. The van der Waals surface area contributed by atoms with Gasteiger partial charge in [0.1, 0.15) is 12.0 Å². The molecule has 0 amide bonds. The summed E-state index contributed by atoms with van der Waals surface area (Å²) in [4.78, 5) is 13.0. The van der Waals surface area contributed by atoms with Crippen molar-refractivity contribution in [3.05, 3.63) is 77.5 Å². The van der Waals surface area contributed by atoms with Gasteiger partial charge in [0.15, 0.2) is 12.2 Å². The second-order valence-electron chi connectivity index (χ2n) is 8.70. The van der Waals surface area contributed by atoms with E-state index in [1.165, 1.54) is 55.6 Å². The number of rotatable bonds is 5. The Balaban J connectivity index is 0.00000231. The lowest BCUT2D eigenvalue weighted by atomic mass is 9.84. The quantitative estimate of drug-likeness (QED) is 0.405. The van der Waals surface area contributed by atoms with Gasteiger partial charge in [-0.2, -0.15) is 0 Å². The molecular formula is C26H28BrFN2O. The summed E-state index contributed by atoms with van der Waals surface area (Å²) in [6, 6.07) is 14.9. The van der Waals surface area contributed by atoms with E-state index in [4.69, 9.17) is 0 Å². The Kier molecular flexibility index (Phi) is 6.71. The lowest BCUT2D eigenvalue weighted by Crippen LogP contribution is -3.00. The van der Waals surface area contributed by atoms with Crippen molar-refractivity contribution in [2.75, 3.05) is 0 Å². The van der Waals surface area contributed by atoms with Gasteiger partial charge in [0.2, 0.25) is 5.78 Å². The molecule has 5 heteroatoms. The van der Waals surface area contributed by atoms with Gasteiger partial charge in [0.25, 0.3) is 5.82 Å². The molecule has 162 valence electrons. The van der Waals surface area contributed by atoms with E-state index >= 15 is 0 Å². The average Bonchev–Trinajstić information content (AvgIpc) is 3.39. The van der Waals surface area contributed by atoms with E-state index in [-0.39, 0.29) is 28.6 Å². The lowest BCUT2D eigenvalue weighted by Gasteiger charge is -2.21. The molecule has 31 heavy (non-hydrogen) atoms. The summed E-state index contributed by atoms with van der Waals surface area (Å²) in [7, 11) is 0. The first-order valence-corrected chi connectivity index (χ1v) is 11.2. The summed E-state index contributed by atoms with van der Waals surface area (Å²) in [5, 5.41) is 0. The van der Waals surface area contributed by atoms with Crippen molar-refractivity contribution in [3.63, 3.8) is 0 Å². The van der Waals surface area contributed by atoms with E-state index in [2.05, 4.69) is 27.5 Å². The molecule has 3 nitrogen and oxygen atoms in total. The maximum atomic E-state index is 13.3. The minimum Gasteiger partial charge on any atom is -1.00 e. The first-order valence-electron chi connectivity index (χ1n) is 11.2. The third-order valence-corrected chi connectivity index (χ3v) is 6.76. The zero-order valence-electron chi connectivity index (χ0n) is 17.7. The van der Waals surface area contributed by atoms with E-state index in [1.54, 1.807) is 0 Å². The highest BCUT2D eigenvalue weighted by molar-refractivity contribution is 5.95. The van der Waals surface area contributed by atoms with Gasteiger partial charge in [-0.15, -0.1) is 0 Å². The fourth-order valence-electron chi connectivity index (χ4n) is 5.12. The number of carbonyl (C=O) groups excluding carboxylic acids is 1. The van der Waals surface area contributed by atoms with Gasteiger partial charge in [-0.05, 0) is 55.0 Å². The van der Waals surface area contributed by atoms with Gasteiger partial charge in [-0.3, -0.25) is 4.79 Å². The first kappa shape index (κ1) is 21.9. The number of hydrogen-bond donors (Lipinski definition) is 0. The highest BCUT2D eigenvalue weighted by Crippen LogP contribution is 2.32. The highest BCUT2D eigenvalue weighted by Gasteiger charge is 2.29. The number of aromatic nitrogens is 2. The van der Waals surface area contributed by atoms with Crippen LogP contribution in [0.1, 0.15) is 66.2 Å². The summed E-state index contributed by atoms with van der Waals surface area (Å²) < 4.78 is 17.7. The molecule has 2 aliphatic rings. The fraction of sp³-hybridized carbons (Fsp3) is 0.385. The smallest absolute Gasteiger partial charge is 0.257 e. The van der Waals surface area contributed by atoms with Crippen LogP contribution in [-0.2, 0) is 19.5 Å². The second-order valence-corrected chi connectivity index (χ2v) is 8.70. The lowest BCUT2D eigenvalue weighted by molar-refractivity contribution is -0.689. The zero-order chi connectivity index (χ0) is 20.5.